The maximum atomic E-state index is 2.44. The maximum absolute atomic E-state index is 2.44. The molecule has 0 saturated carbocycles. The minimum absolute atomic E-state index is 1.19. The summed E-state index contributed by atoms with van der Waals surface area (Å²) in [6, 6.07) is 4.59. The van der Waals surface area contributed by atoms with Crippen molar-refractivity contribution < 1.29 is 4.57 Å². The molecule has 0 aromatic carbocycles. The fourth-order valence-corrected chi connectivity index (χ4v) is 5.40. The highest BCUT2D eigenvalue weighted by molar-refractivity contribution is 5.05. The number of unbranched alkanes of at least 4 members (excludes halogenated alkanes) is 22. The fourth-order valence-electron chi connectivity index (χ4n) is 5.40. The van der Waals surface area contributed by atoms with Gasteiger partial charge in [-0.2, -0.15) is 0 Å². The highest BCUT2D eigenvalue weighted by atomic mass is 14.9. The molecule has 0 N–H and O–H groups in total. The standard InChI is InChI=1S/C36H66N/c1-3-5-7-9-11-13-15-16-17-18-19-21-23-25-27-29-33-37-34-30-32-36(35-37)31-28-26-24-22-20-14-12-10-8-6-4-2/h16-17,30,32,34-35H,3-15,18-29,31,33H2,1-2H3/q+1/b17-16-. The summed E-state index contributed by atoms with van der Waals surface area (Å²) in [5.74, 6) is 0. The molecule has 0 fully saturated rings. The van der Waals surface area contributed by atoms with Crippen LogP contribution in [0.2, 0.25) is 0 Å². The zero-order valence-electron chi connectivity index (χ0n) is 25.5. The molecule has 0 atom stereocenters. The van der Waals surface area contributed by atoms with Gasteiger partial charge in [0.15, 0.2) is 12.4 Å². The highest BCUT2D eigenvalue weighted by Gasteiger charge is 2.03. The van der Waals surface area contributed by atoms with Crippen molar-refractivity contribution in [3.63, 3.8) is 0 Å². The minimum atomic E-state index is 1.19. The lowest BCUT2D eigenvalue weighted by molar-refractivity contribution is -0.697. The quantitative estimate of drug-likeness (QED) is 0.0597. The second-order valence-corrected chi connectivity index (χ2v) is 11.7. The molecule has 1 nitrogen and oxygen atoms in total. The molecule has 1 aromatic rings. The van der Waals surface area contributed by atoms with Crippen molar-refractivity contribution in [1.29, 1.82) is 0 Å². The third-order valence-electron chi connectivity index (χ3n) is 7.92. The third kappa shape index (κ3) is 23.7. The van der Waals surface area contributed by atoms with Crippen molar-refractivity contribution in [2.45, 2.75) is 187 Å². The fraction of sp³-hybridized carbons (Fsp3) is 0.806. The molecule has 1 heterocycles. The average Bonchev–Trinajstić information content (AvgIpc) is 2.92. The van der Waals surface area contributed by atoms with E-state index in [1.807, 2.05) is 0 Å². The van der Waals surface area contributed by atoms with Gasteiger partial charge in [0.25, 0.3) is 0 Å². The van der Waals surface area contributed by atoms with E-state index >= 15 is 0 Å². The smallest absolute Gasteiger partial charge is 0.171 e. The summed E-state index contributed by atoms with van der Waals surface area (Å²) in [7, 11) is 0. The average molecular weight is 513 g/mol. The highest BCUT2D eigenvalue weighted by Crippen LogP contribution is 2.13. The van der Waals surface area contributed by atoms with Crippen LogP contribution in [0.5, 0.6) is 0 Å². The van der Waals surface area contributed by atoms with Crippen LogP contribution in [0.1, 0.15) is 180 Å². The Labute approximate surface area is 233 Å². The monoisotopic (exact) mass is 513 g/mol. The van der Waals surface area contributed by atoms with Crippen LogP contribution in [-0.4, -0.2) is 0 Å². The van der Waals surface area contributed by atoms with E-state index in [0.717, 1.165) is 0 Å². The summed E-state index contributed by atoms with van der Waals surface area (Å²) < 4.78 is 2.43. The Morgan fingerprint density at radius 3 is 1.46 bits per heavy atom. The van der Waals surface area contributed by atoms with Crippen molar-refractivity contribution in [1.82, 2.24) is 0 Å². The molecule has 0 spiro atoms. The Balaban J connectivity index is 1.91. The lowest BCUT2D eigenvalue weighted by atomic mass is 10.0. The number of nitrogens with zero attached hydrogens (tertiary/aromatic N) is 1. The molecule has 0 aliphatic rings. The van der Waals surface area contributed by atoms with E-state index in [9.17, 15) is 0 Å². The zero-order chi connectivity index (χ0) is 26.5. The van der Waals surface area contributed by atoms with Gasteiger partial charge in [0.2, 0.25) is 0 Å². The number of allylic oxidation sites excluding steroid dienone is 2. The summed E-state index contributed by atoms with van der Waals surface area (Å²) in [4.78, 5) is 0. The summed E-state index contributed by atoms with van der Waals surface area (Å²) in [5, 5.41) is 0. The molecule has 0 aliphatic heterocycles. The third-order valence-corrected chi connectivity index (χ3v) is 7.92. The summed E-state index contributed by atoms with van der Waals surface area (Å²) in [5.41, 5.74) is 1.53. The van der Waals surface area contributed by atoms with Gasteiger partial charge >= 0.3 is 0 Å². The molecular formula is C36H66N+. The van der Waals surface area contributed by atoms with Gasteiger partial charge in [-0.1, -0.05) is 142 Å². The molecule has 214 valence electrons. The van der Waals surface area contributed by atoms with Crippen LogP contribution in [-0.2, 0) is 13.0 Å². The van der Waals surface area contributed by atoms with Crippen LogP contribution in [0.25, 0.3) is 0 Å². The van der Waals surface area contributed by atoms with Crippen LogP contribution < -0.4 is 4.57 Å². The van der Waals surface area contributed by atoms with Crippen molar-refractivity contribution in [2.75, 3.05) is 0 Å². The Hall–Kier alpha value is -1.11. The first kappa shape index (κ1) is 33.9. The lowest BCUT2D eigenvalue weighted by Gasteiger charge is -2.04. The SMILES string of the molecule is CCCCCCCC/C=C\CCCCCCCC[n+]1cccc(CCCCCCCCCCCCC)c1. The van der Waals surface area contributed by atoms with E-state index in [0.29, 0.717) is 0 Å². The van der Waals surface area contributed by atoms with E-state index in [4.69, 9.17) is 0 Å². The molecule has 1 aromatic heterocycles. The zero-order valence-corrected chi connectivity index (χ0v) is 25.5. The molecule has 37 heavy (non-hydrogen) atoms. The molecule has 0 saturated heterocycles. The van der Waals surface area contributed by atoms with Crippen molar-refractivity contribution in [3.05, 3.63) is 42.2 Å². The normalized spacial score (nSPS) is 11.6. The Bertz CT molecular complexity index is 604. The van der Waals surface area contributed by atoms with Gasteiger partial charge in [-0.3, -0.25) is 0 Å². The Morgan fingerprint density at radius 2 is 0.946 bits per heavy atom. The first-order valence-electron chi connectivity index (χ1n) is 17.0. The van der Waals surface area contributed by atoms with Gasteiger partial charge in [-0.25, -0.2) is 4.57 Å². The number of rotatable bonds is 28. The van der Waals surface area contributed by atoms with Crippen LogP contribution in [0.15, 0.2) is 36.7 Å². The molecule has 1 rings (SSSR count). The van der Waals surface area contributed by atoms with Gasteiger partial charge in [-0.15, -0.1) is 0 Å². The van der Waals surface area contributed by atoms with Gasteiger partial charge in [0, 0.05) is 18.1 Å². The predicted molar refractivity (Wildman–Crippen MR) is 166 cm³/mol. The number of pyridine rings is 1. The number of hydrogen-bond donors (Lipinski definition) is 0. The molecule has 0 aliphatic carbocycles. The molecule has 1 heteroatoms. The van der Waals surface area contributed by atoms with E-state index in [1.54, 1.807) is 0 Å². The van der Waals surface area contributed by atoms with Gasteiger partial charge in [0.1, 0.15) is 6.54 Å². The topological polar surface area (TPSA) is 3.88 Å². The number of aromatic nitrogens is 1. The van der Waals surface area contributed by atoms with Crippen LogP contribution in [0.3, 0.4) is 0 Å². The molecule has 0 unspecified atom stereocenters. The van der Waals surface area contributed by atoms with Gasteiger partial charge < -0.3 is 0 Å². The summed E-state index contributed by atoms with van der Waals surface area (Å²) in [6.45, 7) is 5.78. The van der Waals surface area contributed by atoms with E-state index < -0.39 is 0 Å². The van der Waals surface area contributed by atoms with E-state index in [-0.39, 0.29) is 0 Å². The first-order chi connectivity index (χ1) is 18.4. The molecular weight excluding hydrogens is 446 g/mol. The minimum Gasteiger partial charge on any atom is -0.205 e. The Kier molecular flexibility index (Phi) is 25.6. The second-order valence-electron chi connectivity index (χ2n) is 11.7. The van der Waals surface area contributed by atoms with Gasteiger partial charge in [0.05, 0.1) is 0 Å². The van der Waals surface area contributed by atoms with Crippen molar-refractivity contribution in [3.8, 4) is 0 Å². The maximum Gasteiger partial charge on any atom is 0.171 e. The van der Waals surface area contributed by atoms with E-state index in [1.165, 1.54) is 179 Å². The van der Waals surface area contributed by atoms with Crippen LogP contribution in [0.4, 0.5) is 0 Å². The van der Waals surface area contributed by atoms with Crippen molar-refractivity contribution in [2.24, 2.45) is 0 Å². The lowest BCUT2D eigenvalue weighted by Crippen LogP contribution is -2.33. The largest absolute Gasteiger partial charge is 0.205 e. The molecule has 0 amide bonds. The molecule has 0 bridgehead atoms. The molecule has 0 radical (unpaired) electrons. The van der Waals surface area contributed by atoms with Crippen molar-refractivity contribution >= 4 is 0 Å². The summed E-state index contributed by atoms with van der Waals surface area (Å²) in [6.07, 6.45) is 45.8. The summed E-state index contributed by atoms with van der Waals surface area (Å²) >= 11 is 0. The van der Waals surface area contributed by atoms with E-state index in [2.05, 4.69) is 55.1 Å². The van der Waals surface area contributed by atoms with Crippen LogP contribution >= 0.6 is 0 Å². The predicted octanol–water partition coefficient (Wildman–Crippen LogP) is 11.9. The second kappa shape index (κ2) is 27.9. The van der Waals surface area contributed by atoms with Gasteiger partial charge in [-0.05, 0) is 51.0 Å². The number of hydrogen-bond acceptors (Lipinski definition) is 0. The Morgan fingerprint density at radius 1 is 0.514 bits per heavy atom. The first-order valence-corrected chi connectivity index (χ1v) is 17.0. The number of aryl methyl sites for hydroxylation is 2. The van der Waals surface area contributed by atoms with Crippen LogP contribution in [0, 0.1) is 0 Å².